The van der Waals surface area contributed by atoms with Crippen LogP contribution in [0.1, 0.15) is 12.8 Å². The lowest BCUT2D eigenvalue weighted by atomic mass is 10.0. The number of piperidine rings is 1. The van der Waals surface area contributed by atoms with Crippen molar-refractivity contribution in [1.82, 2.24) is 5.32 Å². The molecule has 1 fully saturated rings. The lowest BCUT2D eigenvalue weighted by Crippen LogP contribution is -2.33. The van der Waals surface area contributed by atoms with E-state index in [1.54, 1.807) is 0 Å². The van der Waals surface area contributed by atoms with Gasteiger partial charge in [0, 0.05) is 5.69 Å². The topological polar surface area (TPSA) is 118 Å². The molecule has 1 aromatic rings. The fourth-order valence-electron chi connectivity index (χ4n) is 2.29. The second-order valence-electron chi connectivity index (χ2n) is 5.15. The Labute approximate surface area is 125 Å². The minimum Gasteiger partial charge on any atom is -0.317 e. The van der Waals surface area contributed by atoms with E-state index in [-0.39, 0.29) is 16.6 Å². The molecule has 1 saturated heterocycles. The molecule has 21 heavy (non-hydrogen) atoms. The van der Waals surface area contributed by atoms with Crippen LogP contribution in [0.4, 0.5) is 5.69 Å². The number of nitrogens with one attached hydrogen (secondary N) is 2. The molecule has 7 nitrogen and oxygen atoms in total. The lowest BCUT2D eigenvalue weighted by Gasteiger charge is -2.22. The van der Waals surface area contributed by atoms with Gasteiger partial charge < -0.3 is 5.32 Å². The summed E-state index contributed by atoms with van der Waals surface area (Å²) in [5, 5.41) is 8.17. The largest absolute Gasteiger partial charge is 0.317 e. The number of hydrogen-bond acceptors (Lipinski definition) is 5. The van der Waals surface area contributed by atoms with Crippen molar-refractivity contribution in [3.05, 3.63) is 24.3 Å². The summed E-state index contributed by atoms with van der Waals surface area (Å²) >= 11 is 0. The highest BCUT2D eigenvalue weighted by atomic mass is 32.2. The fourth-order valence-corrected chi connectivity index (χ4v) is 4.34. The number of anilines is 1. The van der Waals surface area contributed by atoms with Crippen molar-refractivity contribution >= 4 is 25.7 Å². The van der Waals surface area contributed by atoms with E-state index in [4.69, 9.17) is 5.14 Å². The highest BCUT2D eigenvalue weighted by Crippen LogP contribution is 2.18. The van der Waals surface area contributed by atoms with Crippen molar-refractivity contribution in [3.63, 3.8) is 0 Å². The third-order valence-electron chi connectivity index (χ3n) is 3.37. The predicted octanol–water partition coefficient (Wildman–Crippen LogP) is 0.0753. The minimum absolute atomic E-state index is 0.0520. The van der Waals surface area contributed by atoms with Crippen molar-refractivity contribution in [2.24, 2.45) is 11.1 Å². The Kier molecular flexibility index (Phi) is 4.87. The predicted molar refractivity (Wildman–Crippen MR) is 80.8 cm³/mol. The molecule has 1 aromatic carbocycles. The molecule has 4 N–H and O–H groups in total. The Hall–Kier alpha value is -1.16. The van der Waals surface area contributed by atoms with E-state index in [1.165, 1.54) is 24.3 Å². The number of primary sulfonamides is 1. The van der Waals surface area contributed by atoms with Gasteiger partial charge in [-0.3, -0.25) is 4.72 Å². The first-order chi connectivity index (χ1) is 9.76. The van der Waals surface area contributed by atoms with Crippen LogP contribution in [-0.2, 0) is 20.0 Å². The number of hydrogen-bond donors (Lipinski definition) is 3. The van der Waals surface area contributed by atoms with Crippen LogP contribution in [0.2, 0.25) is 0 Å². The summed E-state index contributed by atoms with van der Waals surface area (Å²) in [5.41, 5.74) is 0.330. The molecule has 0 radical (unpaired) electrons. The van der Waals surface area contributed by atoms with E-state index in [0.29, 0.717) is 5.69 Å². The maximum absolute atomic E-state index is 12.1. The van der Waals surface area contributed by atoms with Gasteiger partial charge in [-0.2, -0.15) is 0 Å². The monoisotopic (exact) mass is 333 g/mol. The average Bonchev–Trinajstić information content (AvgIpc) is 2.38. The van der Waals surface area contributed by atoms with Gasteiger partial charge in [0.2, 0.25) is 20.0 Å². The van der Waals surface area contributed by atoms with Gasteiger partial charge in [-0.1, -0.05) is 0 Å². The maximum Gasteiger partial charge on any atom is 0.238 e. The third-order valence-corrected chi connectivity index (χ3v) is 5.76. The van der Waals surface area contributed by atoms with Crippen LogP contribution in [0.3, 0.4) is 0 Å². The number of sulfonamides is 2. The molecule has 1 aliphatic rings. The highest BCUT2D eigenvalue weighted by Gasteiger charge is 2.21. The number of nitrogens with two attached hydrogens (primary N) is 1. The van der Waals surface area contributed by atoms with Gasteiger partial charge in [0.1, 0.15) is 0 Å². The number of benzene rings is 1. The fraction of sp³-hybridized carbons (Fsp3) is 0.500. The van der Waals surface area contributed by atoms with Gasteiger partial charge in [0.05, 0.1) is 10.6 Å². The molecule has 0 atom stereocenters. The van der Waals surface area contributed by atoms with Crippen LogP contribution in [0.5, 0.6) is 0 Å². The molecule has 0 aromatic heterocycles. The molecule has 0 aliphatic carbocycles. The summed E-state index contributed by atoms with van der Waals surface area (Å²) in [7, 11) is -7.21. The molecule has 1 heterocycles. The van der Waals surface area contributed by atoms with Crippen LogP contribution in [0, 0.1) is 5.92 Å². The van der Waals surface area contributed by atoms with Crippen molar-refractivity contribution in [3.8, 4) is 0 Å². The van der Waals surface area contributed by atoms with Crippen molar-refractivity contribution in [1.29, 1.82) is 0 Å². The second kappa shape index (κ2) is 6.30. The zero-order valence-corrected chi connectivity index (χ0v) is 13.1. The Morgan fingerprint density at radius 1 is 1.10 bits per heavy atom. The highest BCUT2D eigenvalue weighted by molar-refractivity contribution is 7.92. The maximum atomic E-state index is 12.1. The van der Waals surface area contributed by atoms with E-state index < -0.39 is 20.0 Å². The molecular weight excluding hydrogens is 314 g/mol. The smallest absolute Gasteiger partial charge is 0.238 e. The summed E-state index contributed by atoms with van der Waals surface area (Å²) in [6, 6.07) is 5.33. The van der Waals surface area contributed by atoms with Gasteiger partial charge in [-0.25, -0.2) is 22.0 Å². The van der Waals surface area contributed by atoms with Crippen molar-refractivity contribution < 1.29 is 16.8 Å². The molecule has 0 unspecified atom stereocenters. The first-order valence-corrected chi connectivity index (χ1v) is 9.80. The van der Waals surface area contributed by atoms with Gasteiger partial charge >= 0.3 is 0 Å². The zero-order valence-electron chi connectivity index (χ0n) is 11.4. The first-order valence-electron chi connectivity index (χ1n) is 6.60. The molecule has 1 aliphatic heterocycles. The van der Waals surface area contributed by atoms with E-state index in [9.17, 15) is 16.8 Å². The molecular formula is C12H19N3O4S2. The molecule has 118 valence electrons. The van der Waals surface area contributed by atoms with Crippen LogP contribution >= 0.6 is 0 Å². The van der Waals surface area contributed by atoms with E-state index in [2.05, 4.69) is 10.0 Å². The van der Waals surface area contributed by atoms with Crippen LogP contribution in [0.15, 0.2) is 29.2 Å². The van der Waals surface area contributed by atoms with E-state index in [0.717, 1.165) is 25.9 Å². The van der Waals surface area contributed by atoms with E-state index in [1.807, 2.05) is 0 Å². The number of rotatable bonds is 5. The SMILES string of the molecule is NS(=O)(=O)c1ccc(NS(=O)(=O)CC2CCNCC2)cc1. The summed E-state index contributed by atoms with van der Waals surface area (Å²) in [4.78, 5) is -0.0520. The molecule has 2 rings (SSSR count). The molecule has 0 bridgehead atoms. The van der Waals surface area contributed by atoms with Gasteiger partial charge in [0.25, 0.3) is 0 Å². The summed E-state index contributed by atoms with van der Waals surface area (Å²) in [6.07, 6.45) is 1.68. The van der Waals surface area contributed by atoms with Crippen LogP contribution in [-0.4, -0.2) is 35.7 Å². The first kappa shape index (κ1) is 16.2. The van der Waals surface area contributed by atoms with Gasteiger partial charge in [0.15, 0.2) is 0 Å². The summed E-state index contributed by atoms with van der Waals surface area (Å²) < 4.78 is 48.9. The average molecular weight is 333 g/mol. The third kappa shape index (κ3) is 4.95. The van der Waals surface area contributed by atoms with Crippen LogP contribution < -0.4 is 15.2 Å². The summed E-state index contributed by atoms with van der Waals surface area (Å²) in [6.45, 7) is 1.67. The normalized spacial score (nSPS) is 17.6. The van der Waals surface area contributed by atoms with Crippen molar-refractivity contribution in [2.75, 3.05) is 23.6 Å². The molecule has 0 amide bonds. The standard InChI is InChI=1S/C12H19N3O4S2/c13-21(18,19)12-3-1-11(2-4-12)15-20(16,17)9-10-5-7-14-8-6-10/h1-4,10,14-15H,5-9H2,(H2,13,18,19). The van der Waals surface area contributed by atoms with Crippen LogP contribution in [0.25, 0.3) is 0 Å². The lowest BCUT2D eigenvalue weighted by molar-refractivity contribution is 0.402. The molecule has 0 saturated carbocycles. The molecule has 0 spiro atoms. The summed E-state index contributed by atoms with van der Waals surface area (Å²) in [5.74, 6) is 0.221. The minimum atomic E-state index is -3.77. The zero-order chi connectivity index (χ0) is 15.5. The Bertz CT molecular complexity index is 678. The quantitative estimate of drug-likeness (QED) is 0.705. The van der Waals surface area contributed by atoms with E-state index >= 15 is 0 Å². The second-order valence-corrected chi connectivity index (χ2v) is 8.47. The van der Waals surface area contributed by atoms with Gasteiger partial charge in [-0.15, -0.1) is 0 Å². The van der Waals surface area contributed by atoms with Crippen molar-refractivity contribution in [2.45, 2.75) is 17.7 Å². The Balaban J connectivity index is 2.02. The Morgan fingerprint density at radius 2 is 1.67 bits per heavy atom. The molecule has 9 heteroatoms. The van der Waals surface area contributed by atoms with Gasteiger partial charge in [-0.05, 0) is 56.1 Å². The Morgan fingerprint density at radius 3 is 2.19 bits per heavy atom.